The Kier molecular flexibility index (Phi) is 2.97. The van der Waals surface area contributed by atoms with Gasteiger partial charge in [-0.05, 0) is 42.2 Å². The number of nitrogens with one attached hydrogen (secondary N) is 1. The number of aromatic nitrogens is 2. The van der Waals surface area contributed by atoms with Gasteiger partial charge in [-0.25, -0.2) is 4.39 Å². The predicted molar refractivity (Wildman–Crippen MR) is 101 cm³/mol. The van der Waals surface area contributed by atoms with E-state index in [2.05, 4.69) is 10.2 Å². The predicted octanol–water partition coefficient (Wildman–Crippen LogP) is 5.46. The van der Waals surface area contributed by atoms with Crippen LogP contribution in [0.25, 0.3) is 11.1 Å². The van der Waals surface area contributed by atoms with Crippen molar-refractivity contribution in [1.29, 1.82) is 0 Å². The average Bonchev–Trinajstić information content (AvgIpc) is 3.34. The minimum atomic E-state index is -0.597. The average molecular weight is 400 g/mol. The van der Waals surface area contributed by atoms with Crippen LogP contribution in [-0.4, -0.2) is 16.1 Å². The molecule has 1 aliphatic carbocycles. The van der Waals surface area contributed by atoms with Crippen molar-refractivity contribution < 1.29 is 9.18 Å². The summed E-state index contributed by atoms with van der Waals surface area (Å²) in [6, 6.07) is 8.36. The van der Waals surface area contributed by atoms with E-state index in [4.69, 9.17) is 23.2 Å². The van der Waals surface area contributed by atoms with Gasteiger partial charge in [0.25, 0.3) is 5.91 Å². The Bertz CT molecular complexity index is 1170. The lowest BCUT2D eigenvalue weighted by atomic mass is 9.86. The van der Waals surface area contributed by atoms with Crippen molar-refractivity contribution in [2.45, 2.75) is 24.8 Å². The number of hydrogen-bond acceptors (Lipinski definition) is 2. The van der Waals surface area contributed by atoms with Crippen LogP contribution in [0.3, 0.4) is 0 Å². The van der Waals surface area contributed by atoms with E-state index in [1.54, 1.807) is 12.1 Å². The second kappa shape index (κ2) is 5.12. The summed E-state index contributed by atoms with van der Waals surface area (Å²) < 4.78 is 15.1. The number of aromatic amines is 1. The summed E-state index contributed by atoms with van der Waals surface area (Å²) in [4.78, 5) is 14.7. The van der Waals surface area contributed by atoms with Crippen LogP contribution < -0.4 is 4.90 Å². The van der Waals surface area contributed by atoms with Crippen molar-refractivity contribution in [3.8, 4) is 11.1 Å². The van der Waals surface area contributed by atoms with Gasteiger partial charge >= 0.3 is 0 Å². The second-order valence-corrected chi connectivity index (χ2v) is 8.08. The fourth-order valence-electron chi connectivity index (χ4n) is 4.37. The highest BCUT2D eigenvalue weighted by Crippen LogP contribution is 2.56. The molecule has 0 radical (unpaired) electrons. The number of hydrogen-bond donors (Lipinski definition) is 1. The molecule has 2 aromatic carbocycles. The molecule has 7 heteroatoms. The van der Waals surface area contributed by atoms with Gasteiger partial charge in [-0.2, -0.15) is 5.10 Å². The maximum absolute atomic E-state index is 15.1. The summed E-state index contributed by atoms with van der Waals surface area (Å²) >= 11 is 12.3. The first-order valence-electron chi connectivity index (χ1n) is 8.75. The highest BCUT2D eigenvalue weighted by molar-refractivity contribution is 6.32. The molecule has 1 atom stereocenters. The lowest BCUT2D eigenvalue weighted by Gasteiger charge is -2.35. The first-order chi connectivity index (χ1) is 13.1. The number of anilines is 1. The van der Waals surface area contributed by atoms with Crippen molar-refractivity contribution in [2.75, 3.05) is 4.90 Å². The Morgan fingerprint density at radius 3 is 2.74 bits per heavy atom. The van der Waals surface area contributed by atoms with Gasteiger partial charge in [-0.15, -0.1) is 0 Å². The molecule has 134 valence electrons. The molecule has 1 fully saturated rings. The van der Waals surface area contributed by atoms with Crippen molar-refractivity contribution in [3.05, 3.63) is 68.7 Å². The summed E-state index contributed by atoms with van der Waals surface area (Å²) in [7, 11) is 0. The summed E-state index contributed by atoms with van der Waals surface area (Å²) in [6.07, 6.45) is 2.14. The van der Waals surface area contributed by atoms with Crippen molar-refractivity contribution in [1.82, 2.24) is 10.2 Å². The Balaban J connectivity index is 1.71. The standard InChI is InChI=1S/C20H12Cl2FN3O/c21-9-3-4-10-12(7-9)11-5-6-13(22)15(23)19(11)26-18(10)14-16(8-1-2-8)24-25-17(14)20(26)27/h3-8,18H,1-2H2,(H,24,25). The van der Waals surface area contributed by atoms with Crippen molar-refractivity contribution in [2.24, 2.45) is 0 Å². The zero-order chi connectivity index (χ0) is 18.4. The summed E-state index contributed by atoms with van der Waals surface area (Å²) in [5.41, 5.74) is 4.76. The van der Waals surface area contributed by atoms with Gasteiger partial charge in [0.05, 0.1) is 16.8 Å². The van der Waals surface area contributed by atoms with Gasteiger partial charge in [0.15, 0.2) is 11.5 Å². The fourth-order valence-corrected chi connectivity index (χ4v) is 4.69. The molecule has 0 bridgehead atoms. The molecule has 0 spiro atoms. The van der Waals surface area contributed by atoms with E-state index in [9.17, 15) is 4.79 Å². The van der Waals surface area contributed by atoms with E-state index in [0.29, 0.717) is 22.2 Å². The maximum atomic E-state index is 15.1. The van der Waals surface area contributed by atoms with Gasteiger partial charge in [-0.1, -0.05) is 35.3 Å². The maximum Gasteiger partial charge on any atom is 0.280 e. The molecule has 3 aromatic rings. The molecule has 3 aliphatic rings. The van der Waals surface area contributed by atoms with Gasteiger partial charge in [0.2, 0.25) is 0 Å². The third-order valence-electron chi connectivity index (χ3n) is 5.68. The molecule has 27 heavy (non-hydrogen) atoms. The summed E-state index contributed by atoms with van der Waals surface area (Å²) in [6.45, 7) is 0. The molecular formula is C20H12Cl2FN3O. The minimum Gasteiger partial charge on any atom is -0.292 e. The van der Waals surface area contributed by atoms with Crippen LogP contribution in [0.4, 0.5) is 10.1 Å². The zero-order valence-corrected chi connectivity index (χ0v) is 15.4. The largest absolute Gasteiger partial charge is 0.292 e. The number of carbonyl (C=O) groups is 1. The summed E-state index contributed by atoms with van der Waals surface area (Å²) in [5, 5.41) is 7.87. The van der Waals surface area contributed by atoms with Crippen LogP contribution in [0.2, 0.25) is 10.0 Å². The molecule has 1 saturated carbocycles. The number of carbonyl (C=O) groups excluding carboxylic acids is 1. The van der Waals surface area contributed by atoms with Crippen LogP contribution >= 0.6 is 23.2 Å². The molecule has 3 heterocycles. The summed E-state index contributed by atoms with van der Waals surface area (Å²) in [5.74, 6) is -0.517. The lowest BCUT2D eigenvalue weighted by Crippen LogP contribution is -2.33. The Morgan fingerprint density at radius 2 is 1.96 bits per heavy atom. The monoisotopic (exact) mass is 399 g/mol. The second-order valence-electron chi connectivity index (χ2n) is 7.24. The SMILES string of the molecule is O=C1c2n[nH]c(C3CC3)c2C2c3ccc(Cl)cc3-c3ccc(Cl)c(F)c3N12. The Morgan fingerprint density at radius 1 is 1.15 bits per heavy atom. The quantitative estimate of drug-likeness (QED) is 0.590. The molecule has 1 N–H and O–H groups in total. The van der Waals surface area contributed by atoms with E-state index < -0.39 is 11.9 Å². The van der Waals surface area contributed by atoms with Gasteiger partial charge in [-0.3, -0.25) is 14.8 Å². The number of amides is 1. The molecule has 1 amide bonds. The third kappa shape index (κ3) is 1.93. The molecule has 1 aromatic heterocycles. The molecular weight excluding hydrogens is 388 g/mol. The van der Waals surface area contributed by atoms with E-state index in [1.165, 1.54) is 11.0 Å². The number of fused-ring (bicyclic) bond motifs is 8. The van der Waals surface area contributed by atoms with Gasteiger partial charge in [0, 0.05) is 27.8 Å². The topological polar surface area (TPSA) is 49.0 Å². The van der Waals surface area contributed by atoms with Crippen LogP contribution in [-0.2, 0) is 0 Å². The van der Waals surface area contributed by atoms with E-state index in [1.807, 2.05) is 12.1 Å². The van der Waals surface area contributed by atoms with E-state index >= 15 is 4.39 Å². The molecule has 4 nitrogen and oxygen atoms in total. The van der Waals surface area contributed by atoms with Crippen molar-refractivity contribution >= 4 is 34.8 Å². The number of rotatable bonds is 1. The molecule has 2 aliphatic heterocycles. The highest BCUT2D eigenvalue weighted by Gasteiger charge is 2.49. The number of benzene rings is 2. The number of halogens is 3. The van der Waals surface area contributed by atoms with Gasteiger partial charge in [0.1, 0.15) is 0 Å². The third-order valence-corrected chi connectivity index (χ3v) is 6.21. The van der Waals surface area contributed by atoms with Crippen LogP contribution in [0.15, 0.2) is 30.3 Å². The van der Waals surface area contributed by atoms with Crippen molar-refractivity contribution in [3.63, 3.8) is 0 Å². The first-order valence-corrected chi connectivity index (χ1v) is 9.51. The lowest BCUT2D eigenvalue weighted by molar-refractivity contribution is 0.0987. The van der Waals surface area contributed by atoms with Crippen LogP contribution in [0.5, 0.6) is 0 Å². The molecule has 6 rings (SSSR count). The highest BCUT2D eigenvalue weighted by atomic mass is 35.5. The first kappa shape index (κ1) is 15.7. The zero-order valence-electron chi connectivity index (χ0n) is 13.9. The molecule has 0 saturated heterocycles. The van der Waals surface area contributed by atoms with Gasteiger partial charge < -0.3 is 0 Å². The van der Waals surface area contributed by atoms with Crippen LogP contribution in [0.1, 0.15) is 52.1 Å². The Hall–Kier alpha value is -2.37. The Labute approximate surface area is 163 Å². The fraction of sp³-hybridized carbons (Fsp3) is 0.200. The minimum absolute atomic E-state index is 0.0145. The van der Waals surface area contributed by atoms with E-state index in [0.717, 1.165) is 35.2 Å². The molecule has 1 unspecified atom stereocenters. The number of nitrogens with zero attached hydrogens (tertiary/aromatic N) is 2. The van der Waals surface area contributed by atoms with Crippen LogP contribution in [0, 0.1) is 5.82 Å². The smallest absolute Gasteiger partial charge is 0.280 e. The number of H-pyrrole nitrogens is 1. The van der Waals surface area contributed by atoms with E-state index in [-0.39, 0.29) is 16.6 Å². The normalized spacial score (nSPS) is 19.6.